The summed E-state index contributed by atoms with van der Waals surface area (Å²) < 4.78 is 16.0. The zero-order chi connectivity index (χ0) is 20.8. The monoisotopic (exact) mass is 401 g/mol. The predicted molar refractivity (Wildman–Crippen MR) is 110 cm³/mol. The fourth-order valence-electron chi connectivity index (χ4n) is 3.30. The lowest BCUT2D eigenvalue weighted by Gasteiger charge is -2.35. The lowest BCUT2D eigenvalue weighted by atomic mass is 10.1. The zero-order valence-corrected chi connectivity index (χ0v) is 17.3. The largest absolute Gasteiger partial charge is 0.493 e. The third-order valence-electron chi connectivity index (χ3n) is 4.81. The number of hydrogen-bond acceptors (Lipinski definition) is 8. The summed E-state index contributed by atoms with van der Waals surface area (Å²) in [5, 5.41) is 11.6. The molecule has 1 aliphatic rings. The van der Waals surface area contributed by atoms with Gasteiger partial charge in [0.1, 0.15) is 5.82 Å². The Kier molecular flexibility index (Phi) is 6.58. The Bertz CT molecular complexity index is 810. The number of rotatable bonds is 7. The van der Waals surface area contributed by atoms with E-state index in [2.05, 4.69) is 20.4 Å². The van der Waals surface area contributed by atoms with Gasteiger partial charge >= 0.3 is 0 Å². The lowest BCUT2D eigenvalue weighted by Crippen LogP contribution is -2.49. The van der Waals surface area contributed by atoms with E-state index in [1.165, 1.54) is 21.3 Å². The number of ether oxygens (including phenoxy) is 3. The van der Waals surface area contributed by atoms with Crippen molar-refractivity contribution in [2.24, 2.45) is 0 Å². The van der Waals surface area contributed by atoms with Gasteiger partial charge in [-0.3, -0.25) is 4.79 Å². The second-order valence-corrected chi connectivity index (χ2v) is 6.50. The molecule has 2 aromatic rings. The van der Waals surface area contributed by atoms with Crippen molar-refractivity contribution in [2.45, 2.75) is 6.92 Å². The number of amides is 1. The van der Waals surface area contributed by atoms with Gasteiger partial charge in [-0.05, 0) is 31.2 Å². The van der Waals surface area contributed by atoms with Crippen LogP contribution >= 0.6 is 0 Å². The summed E-state index contributed by atoms with van der Waals surface area (Å²) in [6, 6.07) is 7.23. The highest BCUT2D eigenvalue weighted by molar-refractivity contribution is 5.95. The second-order valence-electron chi connectivity index (χ2n) is 6.50. The minimum absolute atomic E-state index is 0.0718. The van der Waals surface area contributed by atoms with E-state index >= 15 is 0 Å². The van der Waals surface area contributed by atoms with Crippen molar-refractivity contribution >= 4 is 17.5 Å². The first-order valence-electron chi connectivity index (χ1n) is 9.53. The van der Waals surface area contributed by atoms with Crippen molar-refractivity contribution < 1.29 is 19.0 Å². The number of nitrogens with one attached hydrogen (secondary N) is 1. The van der Waals surface area contributed by atoms with Gasteiger partial charge in [-0.2, -0.15) is 0 Å². The van der Waals surface area contributed by atoms with Gasteiger partial charge in [0.2, 0.25) is 5.75 Å². The third kappa shape index (κ3) is 4.44. The summed E-state index contributed by atoms with van der Waals surface area (Å²) in [7, 11) is 4.61. The number of anilines is 2. The molecule has 1 aromatic heterocycles. The van der Waals surface area contributed by atoms with Crippen molar-refractivity contribution in [3.8, 4) is 17.2 Å². The first-order valence-corrected chi connectivity index (χ1v) is 9.53. The fourth-order valence-corrected chi connectivity index (χ4v) is 3.30. The number of benzene rings is 1. The van der Waals surface area contributed by atoms with E-state index in [0.717, 1.165) is 18.2 Å². The molecule has 0 saturated carbocycles. The van der Waals surface area contributed by atoms with Gasteiger partial charge in [0.05, 0.1) is 21.3 Å². The van der Waals surface area contributed by atoms with Crippen molar-refractivity contribution in [1.29, 1.82) is 0 Å². The summed E-state index contributed by atoms with van der Waals surface area (Å²) in [6.07, 6.45) is 0. The van der Waals surface area contributed by atoms with Crippen LogP contribution in [-0.4, -0.2) is 75.1 Å². The summed E-state index contributed by atoms with van der Waals surface area (Å²) in [6.45, 7) is 5.37. The minimum Gasteiger partial charge on any atom is -0.493 e. The predicted octanol–water partition coefficient (Wildman–Crippen LogP) is 1.90. The average molecular weight is 401 g/mol. The maximum atomic E-state index is 13.0. The molecule has 1 N–H and O–H groups in total. The highest BCUT2D eigenvalue weighted by Gasteiger charge is 2.25. The molecular weight excluding hydrogens is 374 g/mol. The molecule has 1 fully saturated rings. The molecule has 1 saturated heterocycles. The zero-order valence-electron chi connectivity index (χ0n) is 17.3. The molecule has 9 nitrogen and oxygen atoms in total. The SMILES string of the molecule is CCNc1ccc(N2CCN(C(=O)c3cc(OC)c(OC)c(OC)c3)CC2)nn1. The molecule has 156 valence electrons. The molecule has 1 amide bonds. The van der Waals surface area contributed by atoms with E-state index in [1.807, 2.05) is 24.0 Å². The number of carbonyl (C=O) groups excluding carboxylic acids is 1. The fraction of sp³-hybridized carbons (Fsp3) is 0.450. The molecular formula is C20H27N5O4. The first-order chi connectivity index (χ1) is 14.1. The molecule has 9 heteroatoms. The lowest BCUT2D eigenvalue weighted by molar-refractivity contribution is 0.0745. The van der Waals surface area contributed by atoms with Gasteiger partial charge < -0.3 is 29.3 Å². The van der Waals surface area contributed by atoms with E-state index in [9.17, 15) is 4.79 Å². The summed E-state index contributed by atoms with van der Waals surface area (Å²) in [5.41, 5.74) is 0.503. The second kappa shape index (κ2) is 9.31. The highest BCUT2D eigenvalue weighted by Crippen LogP contribution is 2.38. The molecule has 0 atom stereocenters. The first kappa shape index (κ1) is 20.5. The van der Waals surface area contributed by atoms with Crippen molar-refractivity contribution in [3.63, 3.8) is 0 Å². The topological polar surface area (TPSA) is 89.1 Å². The Morgan fingerprint density at radius 3 is 2.14 bits per heavy atom. The van der Waals surface area contributed by atoms with E-state index < -0.39 is 0 Å². The van der Waals surface area contributed by atoms with Gasteiger partial charge in [-0.25, -0.2) is 0 Å². The highest BCUT2D eigenvalue weighted by atomic mass is 16.5. The molecule has 0 bridgehead atoms. The Morgan fingerprint density at radius 2 is 1.66 bits per heavy atom. The van der Waals surface area contributed by atoms with Crippen molar-refractivity contribution in [1.82, 2.24) is 15.1 Å². The van der Waals surface area contributed by atoms with Crippen LogP contribution in [0.25, 0.3) is 0 Å². The van der Waals surface area contributed by atoms with Crippen LogP contribution in [0.15, 0.2) is 24.3 Å². The number of piperazine rings is 1. The van der Waals surface area contributed by atoms with Crippen molar-refractivity contribution in [2.75, 3.05) is 64.3 Å². The molecule has 0 aliphatic carbocycles. The summed E-state index contributed by atoms with van der Waals surface area (Å²) in [4.78, 5) is 17.0. The maximum absolute atomic E-state index is 13.0. The van der Waals surface area contributed by atoms with Gasteiger partial charge in [-0.1, -0.05) is 0 Å². The molecule has 1 aromatic carbocycles. The minimum atomic E-state index is -0.0718. The van der Waals surface area contributed by atoms with Gasteiger partial charge in [-0.15, -0.1) is 10.2 Å². The van der Waals surface area contributed by atoms with Crippen LogP contribution in [0.1, 0.15) is 17.3 Å². The Labute approximate surface area is 170 Å². The van der Waals surface area contributed by atoms with Crippen LogP contribution in [0.2, 0.25) is 0 Å². The Balaban J connectivity index is 1.68. The van der Waals surface area contributed by atoms with Crippen LogP contribution in [0.3, 0.4) is 0 Å². The molecule has 0 spiro atoms. The standard InChI is InChI=1S/C20H27N5O4/c1-5-21-17-6-7-18(23-22-17)24-8-10-25(11-9-24)20(26)14-12-15(27-2)19(29-4)16(13-14)28-3/h6-7,12-13H,5,8-11H2,1-4H3,(H,21,22). The van der Waals surface area contributed by atoms with E-state index in [-0.39, 0.29) is 5.91 Å². The van der Waals surface area contributed by atoms with E-state index in [4.69, 9.17) is 14.2 Å². The molecule has 29 heavy (non-hydrogen) atoms. The van der Waals surface area contributed by atoms with Crippen LogP contribution in [0.5, 0.6) is 17.2 Å². The maximum Gasteiger partial charge on any atom is 0.254 e. The smallest absolute Gasteiger partial charge is 0.254 e. The third-order valence-corrected chi connectivity index (χ3v) is 4.81. The number of carbonyl (C=O) groups is 1. The van der Waals surface area contributed by atoms with Crippen LogP contribution in [0.4, 0.5) is 11.6 Å². The van der Waals surface area contributed by atoms with E-state index in [1.54, 1.807) is 12.1 Å². The molecule has 1 aliphatic heterocycles. The number of hydrogen-bond donors (Lipinski definition) is 1. The molecule has 3 rings (SSSR count). The number of aromatic nitrogens is 2. The number of nitrogens with zero attached hydrogens (tertiary/aromatic N) is 4. The molecule has 0 radical (unpaired) electrons. The van der Waals surface area contributed by atoms with E-state index in [0.29, 0.717) is 49.0 Å². The van der Waals surface area contributed by atoms with Crippen molar-refractivity contribution in [3.05, 3.63) is 29.8 Å². The van der Waals surface area contributed by atoms with Crippen LogP contribution in [0, 0.1) is 0 Å². The normalized spacial score (nSPS) is 13.8. The van der Waals surface area contributed by atoms with Gasteiger partial charge in [0, 0.05) is 38.3 Å². The molecule has 0 unspecified atom stereocenters. The molecule has 2 heterocycles. The van der Waals surface area contributed by atoms with Crippen LogP contribution in [-0.2, 0) is 0 Å². The van der Waals surface area contributed by atoms with Crippen LogP contribution < -0.4 is 24.4 Å². The van der Waals surface area contributed by atoms with Gasteiger partial charge in [0.15, 0.2) is 17.3 Å². The Morgan fingerprint density at radius 1 is 1.00 bits per heavy atom. The quantitative estimate of drug-likeness (QED) is 0.753. The summed E-state index contributed by atoms with van der Waals surface area (Å²) >= 11 is 0. The average Bonchev–Trinajstić information content (AvgIpc) is 2.78. The summed E-state index contributed by atoms with van der Waals surface area (Å²) in [5.74, 6) is 2.89. The van der Waals surface area contributed by atoms with Gasteiger partial charge in [0.25, 0.3) is 5.91 Å². The Hall–Kier alpha value is -3.23. The number of methoxy groups -OCH3 is 3.